The fraction of sp³-hybridized carbons (Fsp3) is 0.292. The standard InChI is InChI=1S/C24H25N3O2/c1-4-14-11-17-18(13-20(14)27-7-9-29-10-8-27)24(2,3)23-21(22(17)28)16-6-5-15(25)12-19(16)26-23/h4-6,11-13,26H,1,7-10,25H2,2-3H3. The second kappa shape index (κ2) is 6.22. The number of anilines is 2. The summed E-state index contributed by atoms with van der Waals surface area (Å²) in [5.74, 6) is 0.0574. The number of carbonyl (C=O) groups excluding carboxylic acids is 1. The van der Waals surface area contributed by atoms with E-state index in [9.17, 15) is 4.79 Å². The van der Waals surface area contributed by atoms with Crippen LogP contribution < -0.4 is 10.6 Å². The van der Waals surface area contributed by atoms with Gasteiger partial charge in [0.1, 0.15) is 0 Å². The molecule has 1 fully saturated rings. The monoisotopic (exact) mass is 387 g/mol. The number of fused-ring (bicyclic) bond motifs is 4. The Kier molecular flexibility index (Phi) is 3.87. The number of nitrogens with two attached hydrogens (primary N) is 1. The molecule has 2 heterocycles. The Morgan fingerprint density at radius 1 is 1.21 bits per heavy atom. The molecule has 1 saturated heterocycles. The van der Waals surface area contributed by atoms with Crippen LogP contribution in [0.15, 0.2) is 36.9 Å². The number of morpholine rings is 1. The van der Waals surface area contributed by atoms with Crippen molar-refractivity contribution in [3.8, 4) is 0 Å². The zero-order valence-corrected chi connectivity index (χ0v) is 16.8. The molecule has 5 heteroatoms. The van der Waals surface area contributed by atoms with Crippen molar-refractivity contribution in [1.29, 1.82) is 0 Å². The molecular formula is C24H25N3O2. The number of hydrogen-bond donors (Lipinski definition) is 2. The minimum absolute atomic E-state index is 0.0574. The molecule has 3 N–H and O–H groups in total. The van der Waals surface area contributed by atoms with E-state index < -0.39 is 0 Å². The first-order chi connectivity index (χ1) is 13.9. The van der Waals surface area contributed by atoms with Gasteiger partial charge in [0.2, 0.25) is 0 Å². The average molecular weight is 387 g/mol. The van der Waals surface area contributed by atoms with Crippen LogP contribution in [-0.4, -0.2) is 37.1 Å². The summed E-state index contributed by atoms with van der Waals surface area (Å²) < 4.78 is 5.52. The third kappa shape index (κ3) is 2.54. The Morgan fingerprint density at radius 2 is 1.97 bits per heavy atom. The van der Waals surface area contributed by atoms with Crippen molar-refractivity contribution in [2.75, 3.05) is 36.9 Å². The normalized spacial score (nSPS) is 17.9. The van der Waals surface area contributed by atoms with Crippen LogP contribution in [0.2, 0.25) is 0 Å². The molecule has 0 amide bonds. The van der Waals surface area contributed by atoms with Crippen molar-refractivity contribution >= 4 is 34.1 Å². The molecule has 0 saturated carbocycles. The fourth-order valence-electron chi connectivity index (χ4n) is 4.74. The van der Waals surface area contributed by atoms with Gasteiger partial charge in [-0.2, -0.15) is 0 Å². The molecule has 29 heavy (non-hydrogen) atoms. The first-order valence-corrected chi connectivity index (χ1v) is 10.0. The highest BCUT2D eigenvalue weighted by atomic mass is 16.5. The topological polar surface area (TPSA) is 71.3 Å². The number of ether oxygens (including phenoxy) is 1. The highest BCUT2D eigenvalue weighted by Gasteiger charge is 2.40. The van der Waals surface area contributed by atoms with E-state index in [1.165, 1.54) is 0 Å². The summed E-state index contributed by atoms with van der Waals surface area (Å²) in [7, 11) is 0. The van der Waals surface area contributed by atoms with E-state index in [-0.39, 0.29) is 11.2 Å². The lowest BCUT2D eigenvalue weighted by molar-refractivity contribution is 0.103. The van der Waals surface area contributed by atoms with Gasteiger partial charge in [-0.3, -0.25) is 4.79 Å². The number of aromatic amines is 1. The largest absolute Gasteiger partial charge is 0.399 e. The van der Waals surface area contributed by atoms with Gasteiger partial charge < -0.3 is 20.4 Å². The van der Waals surface area contributed by atoms with E-state index in [0.717, 1.165) is 57.6 Å². The van der Waals surface area contributed by atoms with Crippen LogP contribution in [0.1, 0.15) is 46.6 Å². The molecule has 5 rings (SSSR count). The van der Waals surface area contributed by atoms with Crippen molar-refractivity contribution in [3.05, 3.63) is 64.9 Å². The third-order valence-corrected chi connectivity index (χ3v) is 6.33. The quantitative estimate of drug-likeness (QED) is 0.650. The predicted octanol–water partition coefficient (Wildman–Crippen LogP) is 4.10. The number of aromatic nitrogens is 1. The van der Waals surface area contributed by atoms with Crippen molar-refractivity contribution in [3.63, 3.8) is 0 Å². The molecule has 5 nitrogen and oxygen atoms in total. The van der Waals surface area contributed by atoms with Gasteiger partial charge in [0, 0.05) is 52.0 Å². The molecule has 2 aliphatic rings. The number of nitrogen functional groups attached to an aromatic ring is 1. The summed E-state index contributed by atoms with van der Waals surface area (Å²) >= 11 is 0. The molecule has 0 unspecified atom stereocenters. The van der Waals surface area contributed by atoms with Crippen molar-refractivity contribution in [2.24, 2.45) is 0 Å². The number of rotatable bonds is 2. The van der Waals surface area contributed by atoms with Gasteiger partial charge in [-0.05, 0) is 35.4 Å². The third-order valence-electron chi connectivity index (χ3n) is 6.33. The minimum atomic E-state index is -0.340. The molecule has 2 aromatic carbocycles. The summed E-state index contributed by atoms with van der Waals surface area (Å²) in [6, 6.07) is 9.88. The van der Waals surface area contributed by atoms with Gasteiger partial charge >= 0.3 is 0 Å². The van der Waals surface area contributed by atoms with Crippen molar-refractivity contribution < 1.29 is 9.53 Å². The highest BCUT2D eigenvalue weighted by Crippen LogP contribution is 2.45. The Labute approximate surface area is 170 Å². The molecule has 0 bridgehead atoms. The molecular weight excluding hydrogens is 362 g/mol. The first kappa shape index (κ1) is 18.0. The van der Waals surface area contributed by atoms with E-state index in [1.54, 1.807) is 0 Å². The number of nitrogens with zero attached hydrogens (tertiary/aromatic N) is 1. The second-order valence-electron chi connectivity index (χ2n) is 8.39. The smallest absolute Gasteiger partial charge is 0.195 e. The Bertz CT molecular complexity index is 1170. The van der Waals surface area contributed by atoms with Gasteiger partial charge in [0.25, 0.3) is 0 Å². The summed E-state index contributed by atoms with van der Waals surface area (Å²) in [4.78, 5) is 19.4. The van der Waals surface area contributed by atoms with Gasteiger partial charge in [0.15, 0.2) is 5.78 Å². The molecule has 3 aromatic rings. The molecule has 1 aromatic heterocycles. The average Bonchev–Trinajstić information content (AvgIpc) is 3.12. The molecule has 1 aliphatic carbocycles. The van der Waals surface area contributed by atoms with Gasteiger partial charge in [-0.25, -0.2) is 0 Å². The number of ketones is 1. The van der Waals surface area contributed by atoms with E-state index in [4.69, 9.17) is 10.5 Å². The van der Waals surface area contributed by atoms with Crippen LogP contribution in [0.5, 0.6) is 0 Å². The van der Waals surface area contributed by atoms with Gasteiger partial charge in [0.05, 0.1) is 18.8 Å². The van der Waals surface area contributed by atoms with E-state index in [1.807, 2.05) is 30.3 Å². The number of hydrogen-bond acceptors (Lipinski definition) is 4. The number of H-pyrrole nitrogens is 1. The van der Waals surface area contributed by atoms with E-state index in [0.29, 0.717) is 18.9 Å². The lowest BCUT2D eigenvalue weighted by atomic mass is 9.70. The second-order valence-corrected chi connectivity index (χ2v) is 8.39. The lowest BCUT2D eigenvalue weighted by Gasteiger charge is -2.36. The summed E-state index contributed by atoms with van der Waals surface area (Å²) in [5, 5.41) is 0.926. The van der Waals surface area contributed by atoms with Crippen molar-refractivity contribution in [1.82, 2.24) is 4.98 Å². The van der Waals surface area contributed by atoms with Crippen molar-refractivity contribution in [2.45, 2.75) is 19.3 Å². The van der Waals surface area contributed by atoms with Crippen LogP contribution in [0.4, 0.5) is 11.4 Å². The van der Waals surface area contributed by atoms with Gasteiger partial charge in [-0.1, -0.05) is 32.6 Å². The van der Waals surface area contributed by atoms with Gasteiger partial charge in [-0.15, -0.1) is 0 Å². The van der Waals surface area contributed by atoms with Crippen LogP contribution in [0.3, 0.4) is 0 Å². The Hall–Kier alpha value is -3.05. The van der Waals surface area contributed by atoms with Crippen LogP contribution >= 0.6 is 0 Å². The van der Waals surface area contributed by atoms with E-state index in [2.05, 4.69) is 36.4 Å². The van der Waals surface area contributed by atoms with Crippen LogP contribution in [0, 0.1) is 0 Å². The maximum atomic E-state index is 13.6. The molecule has 148 valence electrons. The lowest BCUT2D eigenvalue weighted by Crippen LogP contribution is -2.37. The number of benzene rings is 2. The van der Waals surface area contributed by atoms with Crippen LogP contribution in [0.25, 0.3) is 17.0 Å². The SMILES string of the molecule is C=Cc1cc2c(cc1N1CCOCC1)C(C)(C)c1[nH]c3cc(N)ccc3c1C2=O. The maximum absolute atomic E-state index is 13.6. The zero-order chi connectivity index (χ0) is 20.3. The molecule has 1 aliphatic heterocycles. The highest BCUT2D eigenvalue weighted by molar-refractivity contribution is 6.20. The maximum Gasteiger partial charge on any atom is 0.195 e. The fourth-order valence-corrected chi connectivity index (χ4v) is 4.74. The first-order valence-electron chi connectivity index (χ1n) is 10.0. The minimum Gasteiger partial charge on any atom is -0.399 e. The Morgan fingerprint density at radius 3 is 2.69 bits per heavy atom. The molecule has 0 radical (unpaired) electrons. The number of carbonyl (C=O) groups is 1. The zero-order valence-electron chi connectivity index (χ0n) is 16.8. The molecule has 0 spiro atoms. The Balaban J connectivity index is 1.75. The summed E-state index contributed by atoms with van der Waals surface area (Å²) in [5.41, 5.74) is 12.8. The number of nitrogens with one attached hydrogen (secondary N) is 1. The van der Waals surface area contributed by atoms with E-state index >= 15 is 0 Å². The molecule has 0 atom stereocenters. The van der Waals surface area contributed by atoms with Crippen LogP contribution in [-0.2, 0) is 10.2 Å². The summed E-state index contributed by atoms with van der Waals surface area (Å²) in [6.07, 6.45) is 1.84. The summed E-state index contributed by atoms with van der Waals surface area (Å²) in [6.45, 7) is 11.4. The predicted molar refractivity (Wildman–Crippen MR) is 118 cm³/mol.